The number of hydrogen-bond donors (Lipinski definition) is 0. The minimum absolute atomic E-state index is 0.546. The number of hydrogen-bond acceptors (Lipinski definition) is 6. The van der Waals surface area contributed by atoms with E-state index in [9.17, 15) is 0 Å². The Labute approximate surface area is 158 Å². The first-order valence-electron chi connectivity index (χ1n) is 9.51. The summed E-state index contributed by atoms with van der Waals surface area (Å²) >= 11 is 0. The summed E-state index contributed by atoms with van der Waals surface area (Å²) in [4.78, 5) is 4.43. The van der Waals surface area contributed by atoms with Crippen LogP contribution in [0.3, 0.4) is 0 Å². The lowest BCUT2D eigenvalue weighted by Crippen LogP contribution is -2.44. The Morgan fingerprint density at radius 2 is 1.54 bits per heavy atom. The fraction of sp³-hybridized carbons (Fsp3) is 0.600. The highest BCUT2D eigenvalue weighted by Crippen LogP contribution is 2.31. The molecule has 1 aromatic heterocycles. The third-order valence-electron chi connectivity index (χ3n) is 4.16. The van der Waals surface area contributed by atoms with E-state index in [2.05, 4.69) is 33.1 Å². The zero-order valence-corrected chi connectivity index (χ0v) is 17.6. The van der Waals surface area contributed by atoms with Gasteiger partial charge < -0.3 is 19.0 Å². The summed E-state index contributed by atoms with van der Waals surface area (Å²) in [6, 6.07) is 4.64. The summed E-state index contributed by atoms with van der Waals surface area (Å²) in [5.74, 6) is 1.38. The quantitative estimate of drug-likeness (QED) is 0.817. The molecular weight excluding hydrogens is 328 g/mol. The van der Waals surface area contributed by atoms with E-state index in [4.69, 9.17) is 9.15 Å². The molecule has 1 saturated heterocycles. The second-order valence-corrected chi connectivity index (χ2v) is 5.82. The van der Waals surface area contributed by atoms with Crippen molar-refractivity contribution < 1.29 is 9.15 Å². The molecule has 0 atom stereocenters. The number of ether oxygens (including phenoxy) is 1. The van der Waals surface area contributed by atoms with E-state index in [0.29, 0.717) is 11.9 Å². The van der Waals surface area contributed by atoms with Crippen molar-refractivity contribution in [1.29, 1.82) is 0 Å². The standard InChI is InChI=1S/C16H22N4O2.2C2H6/c1-11-9-12(2)14(21-4)10-13(11)15-17-18-16(22-15)20-7-5-19(3)6-8-20;2*1-2/h9-10H,5-8H2,1-4H3;2*1-2H3. The van der Waals surface area contributed by atoms with Crippen molar-refractivity contribution in [1.82, 2.24) is 15.1 Å². The number of nitrogens with zero attached hydrogens (tertiary/aromatic N) is 4. The molecule has 1 fully saturated rings. The van der Waals surface area contributed by atoms with Crippen LogP contribution in [0.2, 0.25) is 0 Å². The third kappa shape index (κ3) is 5.21. The normalized spacial score (nSPS) is 14.1. The third-order valence-corrected chi connectivity index (χ3v) is 4.16. The Morgan fingerprint density at radius 3 is 2.12 bits per heavy atom. The molecule has 26 heavy (non-hydrogen) atoms. The van der Waals surface area contributed by atoms with Crippen molar-refractivity contribution in [2.45, 2.75) is 41.5 Å². The van der Waals surface area contributed by atoms with Crippen LogP contribution in [0, 0.1) is 13.8 Å². The Morgan fingerprint density at radius 1 is 0.923 bits per heavy atom. The molecule has 0 amide bonds. The number of anilines is 1. The zero-order chi connectivity index (χ0) is 19.7. The molecule has 0 spiro atoms. The van der Waals surface area contributed by atoms with E-state index >= 15 is 0 Å². The average Bonchev–Trinajstić information content (AvgIpc) is 3.15. The van der Waals surface area contributed by atoms with Crippen molar-refractivity contribution in [3.05, 3.63) is 23.3 Å². The molecule has 0 N–H and O–H groups in total. The molecule has 0 radical (unpaired) electrons. The van der Waals surface area contributed by atoms with Crippen molar-refractivity contribution >= 4 is 6.01 Å². The minimum Gasteiger partial charge on any atom is -0.496 e. The van der Waals surface area contributed by atoms with Crippen LogP contribution in [0.4, 0.5) is 6.01 Å². The lowest BCUT2D eigenvalue weighted by atomic mass is 10.0. The molecular formula is C20H34N4O2. The van der Waals surface area contributed by atoms with Gasteiger partial charge in [-0.25, -0.2) is 0 Å². The minimum atomic E-state index is 0.546. The molecule has 6 heteroatoms. The molecule has 146 valence electrons. The maximum absolute atomic E-state index is 5.89. The summed E-state index contributed by atoms with van der Waals surface area (Å²) in [5.41, 5.74) is 3.13. The van der Waals surface area contributed by atoms with E-state index < -0.39 is 0 Å². The first-order valence-corrected chi connectivity index (χ1v) is 9.51. The van der Waals surface area contributed by atoms with Crippen molar-refractivity contribution in [3.8, 4) is 17.2 Å². The van der Waals surface area contributed by atoms with Crippen molar-refractivity contribution in [2.75, 3.05) is 45.2 Å². The van der Waals surface area contributed by atoms with Crippen LogP contribution in [0.1, 0.15) is 38.8 Å². The fourth-order valence-electron chi connectivity index (χ4n) is 2.73. The topological polar surface area (TPSA) is 54.6 Å². The molecule has 3 rings (SSSR count). The van der Waals surface area contributed by atoms with Crippen LogP contribution in [0.25, 0.3) is 11.5 Å². The Kier molecular flexibility index (Phi) is 9.13. The molecule has 0 unspecified atom stereocenters. The van der Waals surface area contributed by atoms with Gasteiger partial charge in [0.15, 0.2) is 0 Å². The summed E-state index contributed by atoms with van der Waals surface area (Å²) in [6.07, 6.45) is 0. The van der Waals surface area contributed by atoms with Crippen molar-refractivity contribution in [3.63, 3.8) is 0 Å². The van der Waals surface area contributed by atoms with Crippen LogP contribution < -0.4 is 9.64 Å². The number of piperazine rings is 1. The number of aryl methyl sites for hydroxylation is 2. The van der Waals surface area contributed by atoms with Gasteiger partial charge in [-0.15, -0.1) is 5.10 Å². The summed E-state index contributed by atoms with van der Waals surface area (Å²) in [5, 5.41) is 8.43. The number of benzene rings is 1. The van der Waals surface area contributed by atoms with E-state index in [-0.39, 0.29) is 0 Å². The molecule has 0 saturated carbocycles. The number of methoxy groups -OCH3 is 1. The molecule has 6 nitrogen and oxygen atoms in total. The van der Waals surface area contributed by atoms with Gasteiger partial charge in [0.25, 0.3) is 0 Å². The van der Waals surface area contributed by atoms with Gasteiger partial charge in [-0.1, -0.05) is 38.9 Å². The molecule has 2 aromatic rings. The molecule has 1 aliphatic rings. The second-order valence-electron chi connectivity index (χ2n) is 5.82. The molecule has 1 aromatic carbocycles. The van der Waals surface area contributed by atoms with Gasteiger partial charge in [-0.3, -0.25) is 0 Å². The highest BCUT2D eigenvalue weighted by atomic mass is 16.5. The van der Waals surface area contributed by atoms with Gasteiger partial charge in [0, 0.05) is 31.7 Å². The monoisotopic (exact) mass is 362 g/mol. The maximum atomic E-state index is 5.89. The van der Waals surface area contributed by atoms with Gasteiger partial charge in [0.2, 0.25) is 5.89 Å². The van der Waals surface area contributed by atoms with E-state index in [1.807, 2.05) is 47.6 Å². The summed E-state index contributed by atoms with van der Waals surface area (Å²) < 4.78 is 11.3. The molecule has 2 heterocycles. The maximum Gasteiger partial charge on any atom is 0.318 e. The lowest BCUT2D eigenvalue weighted by Gasteiger charge is -2.30. The van der Waals surface area contributed by atoms with Crippen LogP contribution in [0.5, 0.6) is 5.75 Å². The first kappa shape index (κ1) is 22.0. The smallest absolute Gasteiger partial charge is 0.318 e. The average molecular weight is 363 g/mol. The lowest BCUT2D eigenvalue weighted by molar-refractivity contribution is 0.305. The largest absolute Gasteiger partial charge is 0.496 e. The summed E-state index contributed by atoms with van der Waals surface area (Å²) in [6.45, 7) is 15.9. The molecule has 1 aliphatic heterocycles. The molecule has 0 bridgehead atoms. The number of aromatic nitrogens is 2. The Hall–Kier alpha value is -2.08. The zero-order valence-electron chi connectivity index (χ0n) is 17.6. The number of rotatable bonds is 3. The van der Waals surface area contributed by atoms with Gasteiger partial charge in [-0.05, 0) is 38.1 Å². The number of likely N-dealkylation sites (N-methyl/N-ethyl adjacent to an activating group) is 1. The van der Waals surface area contributed by atoms with E-state index in [1.165, 1.54) is 0 Å². The van der Waals surface area contributed by atoms with Crippen LogP contribution in [0.15, 0.2) is 16.5 Å². The molecule has 0 aliphatic carbocycles. The predicted molar refractivity (Wildman–Crippen MR) is 108 cm³/mol. The van der Waals surface area contributed by atoms with E-state index in [0.717, 1.165) is 48.6 Å². The van der Waals surface area contributed by atoms with Crippen LogP contribution in [-0.4, -0.2) is 55.4 Å². The predicted octanol–water partition coefficient (Wildman–Crippen LogP) is 4.17. The van der Waals surface area contributed by atoms with Crippen LogP contribution in [-0.2, 0) is 0 Å². The van der Waals surface area contributed by atoms with Crippen molar-refractivity contribution in [2.24, 2.45) is 0 Å². The highest BCUT2D eigenvalue weighted by molar-refractivity contribution is 5.63. The summed E-state index contributed by atoms with van der Waals surface area (Å²) in [7, 11) is 3.80. The highest BCUT2D eigenvalue weighted by Gasteiger charge is 2.20. The van der Waals surface area contributed by atoms with Gasteiger partial charge in [0.05, 0.1) is 7.11 Å². The van der Waals surface area contributed by atoms with E-state index in [1.54, 1.807) is 7.11 Å². The van der Waals surface area contributed by atoms with Crippen LogP contribution >= 0.6 is 0 Å². The SMILES string of the molecule is CC.CC.COc1cc(-c2nnc(N3CCN(C)CC3)o2)c(C)cc1C. The Bertz CT molecular complexity index is 662. The van der Waals surface area contributed by atoms with Gasteiger partial charge in [0.1, 0.15) is 5.75 Å². The van der Waals surface area contributed by atoms with Gasteiger partial charge in [-0.2, -0.15) is 0 Å². The second kappa shape index (κ2) is 10.8. The Balaban J connectivity index is 0.000000791. The first-order chi connectivity index (χ1) is 12.6. The van der Waals surface area contributed by atoms with Gasteiger partial charge >= 0.3 is 6.01 Å². The fourth-order valence-corrected chi connectivity index (χ4v) is 2.73.